The van der Waals surface area contributed by atoms with Gasteiger partial charge in [-0.1, -0.05) is 6.07 Å². The standard InChI is InChI=1S/C19H30N2O3.ClH/c1-4-23-16-8-7-15(13-17(16)24-5-2)9-12-21-18(22)19(3)10-6-11-20-14-19;/h7-8,13,20H,4-6,9-12,14H2,1-3H3,(H,21,22);1H. The maximum Gasteiger partial charge on any atom is 0.227 e. The van der Waals surface area contributed by atoms with Crippen molar-refractivity contribution in [2.24, 2.45) is 5.41 Å². The highest BCUT2D eigenvalue weighted by molar-refractivity contribution is 5.85. The molecule has 0 saturated carbocycles. The lowest BCUT2D eigenvalue weighted by molar-refractivity contribution is -0.131. The summed E-state index contributed by atoms with van der Waals surface area (Å²) in [5.41, 5.74) is 0.849. The molecule has 2 N–H and O–H groups in total. The molecular formula is C19H31ClN2O3. The van der Waals surface area contributed by atoms with E-state index in [2.05, 4.69) is 10.6 Å². The molecule has 1 atom stereocenters. The van der Waals surface area contributed by atoms with Crippen molar-refractivity contribution in [3.8, 4) is 11.5 Å². The molecule has 1 unspecified atom stereocenters. The second-order valence-electron chi connectivity index (χ2n) is 6.49. The zero-order valence-corrected chi connectivity index (χ0v) is 16.3. The Balaban J connectivity index is 0.00000312. The Morgan fingerprint density at radius 1 is 1.24 bits per heavy atom. The molecule has 1 aromatic rings. The number of hydrogen-bond donors (Lipinski definition) is 2. The largest absolute Gasteiger partial charge is 0.490 e. The molecule has 0 aliphatic carbocycles. The fourth-order valence-corrected chi connectivity index (χ4v) is 3.03. The first-order valence-electron chi connectivity index (χ1n) is 8.96. The van der Waals surface area contributed by atoms with Gasteiger partial charge in [-0.15, -0.1) is 12.4 Å². The molecule has 5 nitrogen and oxygen atoms in total. The van der Waals surface area contributed by atoms with Gasteiger partial charge in [0.1, 0.15) is 0 Å². The van der Waals surface area contributed by atoms with Crippen molar-refractivity contribution in [3.63, 3.8) is 0 Å². The lowest BCUT2D eigenvalue weighted by Crippen LogP contribution is -2.49. The van der Waals surface area contributed by atoms with Gasteiger partial charge in [0.25, 0.3) is 0 Å². The topological polar surface area (TPSA) is 59.6 Å². The average molecular weight is 371 g/mol. The summed E-state index contributed by atoms with van der Waals surface area (Å²) >= 11 is 0. The van der Waals surface area contributed by atoms with Gasteiger partial charge in [-0.3, -0.25) is 4.79 Å². The Bertz CT molecular complexity index is 545. The first-order valence-corrected chi connectivity index (χ1v) is 8.96. The van der Waals surface area contributed by atoms with E-state index in [1.54, 1.807) is 0 Å². The van der Waals surface area contributed by atoms with Crippen LogP contribution in [0.1, 0.15) is 39.2 Å². The lowest BCUT2D eigenvalue weighted by Gasteiger charge is -2.32. The van der Waals surface area contributed by atoms with Crippen molar-refractivity contribution in [1.82, 2.24) is 10.6 Å². The summed E-state index contributed by atoms with van der Waals surface area (Å²) in [4.78, 5) is 12.4. The van der Waals surface area contributed by atoms with E-state index in [9.17, 15) is 4.79 Å². The second kappa shape index (κ2) is 10.5. The maximum atomic E-state index is 12.4. The molecule has 1 fully saturated rings. The van der Waals surface area contributed by atoms with Gasteiger partial charge in [-0.25, -0.2) is 0 Å². The third-order valence-corrected chi connectivity index (χ3v) is 4.45. The van der Waals surface area contributed by atoms with E-state index in [1.807, 2.05) is 39.0 Å². The molecule has 0 radical (unpaired) electrons. The minimum Gasteiger partial charge on any atom is -0.490 e. The van der Waals surface area contributed by atoms with Gasteiger partial charge in [0, 0.05) is 13.1 Å². The van der Waals surface area contributed by atoms with Gasteiger partial charge in [0.05, 0.1) is 18.6 Å². The van der Waals surface area contributed by atoms with E-state index in [-0.39, 0.29) is 23.7 Å². The van der Waals surface area contributed by atoms with Crippen molar-refractivity contribution in [2.75, 3.05) is 32.8 Å². The first-order chi connectivity index (χ1) is 11.6. The number of carbonyl (C=O) groups is 1. The van der Waals surface area contributed by atoms with Crippen molar-refractivity contribution in [2.45, 2.75) is 40.0 Å². The Morgan fingerprint density at radius 3 is 2.60 bits per heavy atom. The molecule has 25 heavy (non-hydrogen) atoms. The van der Waals surface area contributed by atoms with Crippen LogP contribution in [0.2, 0.25) is 0 Å². The molecule has 1 saturated heterocycles. The predicted molar refractivity (Wildman–Crippen MR) is 103 cm³/mol. The molecule has 2 rings (SSSR count). The Labute approximate surface area is 157 Å². The first kappa shape index (κ1) is 21.6. The highest BCUT2D eigenvalue weighted by atomic mass is 35.5. The van der Waals surface area contributed by atoms with Crippen LogP contribution < -0.4 is 20.1 Å². The number of amides is 1. The number of rotatable bonds is 8. The van der Waals surface area contributed by atoms with E-state index in [0.717, 1.165) is 49.4 Å². The molecule has 0 bridgehead atoms. The molecule has 142 valence electrons. The summed E-state index contributed by atoms with van der Waals surface area (Å²) < 4.78 is 11.2. The molecular weight excluding hydrogens is 340 g/mol. The van der Waals surface area contributed by atoms with Gasteiger partial charge >= 0.3 is 0 Å². The number of carbonyl (C=O) groups excluding carboxylic acids is 1. The zero-order chi connectivity index (χ0) is 17.4. The number of ether oxygens (including phenoxy) is 2. The highest BCUT2D eigenvalue weighted by Gasteiger charge is 2.34. The Morgan fingerprint density at radius 2 is 1.96 bits per heavy atom. The molecule has 1 aromatic carbocycles. The number of hydrogen-bond acceptors (Lipinski definition) is 4. The monoisotopic (exact) mass is 370 g/mol. The molecule has 1 aliphatic heterocycles. The van der Waals surface area contributed by atoms with Crippen LogP contribution in [0.25, 0.3) is 0 Å². The van der Waals surface area contributed by atoms with Crippen LogP contribution in [0.4, 0.5) is 0 Å². The molecule has 1 amide bonds. The number of benzene rings is 1. The van der Waals surface area contributed by atoms with Crippen LogP contribution in [-0.2, 0) is 11.2 Å². The SMILES string of the molecule is CCOc1ccc(CCNC(=O)C2(C)CCCNC2)cc1OCC.Cl. The maximum absolute atomic E-state index is 12.4. The van der Waals surface area contributed by atoms with Gasteiger partial charge in [0.2, 0.25) is 5.91 Å². The van der Waals surface area contributed by atoms with Crippen LogP contribution >= 0.6 is 12.4 Å². The zero-order valence-electron chi connectivity index (χ0n) is 15.5. The lowest BCUT2D eigenvalue weighted by atomic mass is 9.82. The molecule has 1 aliphatic rings. The minimum absolute atomic E-state index is 0. The quantitative estimate of drug-likeness (QED) is 0.738. The van der Waals surface area contributed by atoms with E-state index in [0.29, 0.717) is 19.8 Å². The van der Waals surface area contributed by atoms with E-state index in [4.69, 9.17) is 9.47 Å². The summed E-state index contributed by atoms with van der Waals surface area (Å²) in [6.45, 7) is 9.58. The third kappa shape index (κ3) is 6.08. The summed E-state index contributed by atoms with van der Waals surface area (Å²) in [6, 6.07) is 5.98. The predicted octanol–water partition coefficient (Wildman–Crippen LogP) is 2.95. The second-order valence-corrected chi connectivity index (χ2v) is 6.49. The minimum atomic E-state index is -0.284. The third-order valence-electron chi connectivity index (χ3n) is 4.45. The van der Waals surface area contributed by atoms with E-state index in [1.165, 1.54) is 0 Å². The fraction of sp³-hybridized carbons (Fsp3) is 0.632. The number of piperidine rings is 1. The van der Waals surface area contributed by atoms with Crippen LogP contribution in [0, 0.1) is 5.41 Å². The summed E-state index contributed by atoms with van der Waals surface area (Å²) in [7, 11) is 0. The highest BCUT2D eigenvalue weighted by Crippen LogP contribution is 2.29. The van der Waals surface area contributed by atoms with Crippen molar-refractivity contribution >= 4 is 18.3 Å². The normalized spacial score (nSPS) is 19.6. The van der Waals surface area contributed by atoms with Gasteiger partial charge in [0.15, 0.2) is 11.5 Å². The Kier molecular flexibility index (Phi) is 9.08. The summed E-state index contributed by atoms with van der Waals surface area (Å²) in [6.07, 6.45) is 2.78. The number of nitrogens with one attached hydrogen (secondary N) is 2. The molecule has 1 heterocycles. The number of halogens is 1. The van der Waals surface area contributed by atoms with Crippen LogP contribution in [0.3, 0.4) is 0 Å². The molecule has 0 spiro atoms. The summed E-state index contributed by atoms with van der Waals surface area (Å²) in [5.74, 6) is 1.69. The van der Waals surface area contributed by atoms with Crippen molar-refractivity contribution in [1.29, 1.82) is 0 Å². The van der Waals surface area contributed by atoms with Crippen molar-refractivity contribution in [3.05, 3.63) is 23.8 Å². The van der Waals surface area contributed by atoms with Crippen LogP contribution in [-0.4, -0.2) is 38.8 Å². The average Bonchev–Trinajstić information content (AvgIpc) is 2.58. The molecule has 6 heteroatoms. The van der Waals surface area contributed by atoms with E-state index >= 15 is 0 Å². The molecule has 0 aromatic heterocycles. The Hall–Kier alpha value is -1.46. The van der Waals surface area contributed by atoms with Crippen LogP contribution in [0.15, 0.2) is 18.2 Å². The van der Waals surface area contributed by atoms with Gasteiger partial charge < -0.3 is 20.1 Å². The summed E-state index contributed by atoms with van der Waals surface area (Å²) in [5, 5.41) is 6.39. The van der Waals surface area contributed by atoms with Gasteiger partial charge in [-0.05, 0) is 64.3 Å². The van der Waals surface area contributed by atoms with Crippen LogP contribution in [0.5, 0.6) is 11.5 Å². The fourth-order valence-electron chi connectivity index (χ4n) is 3.03. The smallest absolute Gasteiger partial charge is 0.227 e. The van der Waals surface area contributed by atoms with E-state index < -0.39 is 0 Å². The van der Waals surface area contributed by atoms with Crippen molar-refractivity contribution < 1.29 is 14.3 Å². The van der Waals surface area contributed by atoms with Gasteiger partial charge in [-0.2, -0.15) is 0 Å².